The number of benzene rings is 2. The molecule has 27 heavy (non-hydrogen) atoms. The second-order valence-electron chi connectivity index (χ2n) is 5.57. The number of ether oxygens (including phenoxy) is 2. The third-order valence-corrected chi connectivity index (χ3v) is 3.60. The average Bonchev–Trinajstić information content (AvgIpc) is 3.00. The van der Waals surface area contributed by atoms with E-state index < -0.39 is 6.36 Å². The SMILES string of the molecule is Cc1oc(-c2ccc(OC(F)(F)F)cc2)nc1COc1cccc(C=O)c1. The summed E-state index contributed by atoms with van der Waals surface area (Å²) in [7, 11) is 0. The third kappa shape index (κ3) is 4.87. The Balaban J connectivity index is 1.71. The number of aldehydes is 1. The Morgan fingerprint density at radius 2 is 1.85 bits per heavy atom. The highest BCUT2D eigenvalue weighted by atomic mass is 19.4. The van der Waals surface area contributed by atoms with Crippen LogP contribution in [0.4, 0.5) is 13.2 Å². The second kappa shape index (κ2) is 7.53. The molecule has 0 aliphatic rings. The van der Waals surface area contributed by atoms with E-state index in [2.05, 4.69) is 9.72 Å². The van der Waals surface area contributed by atoms with Crippen LogP contribution in [0.15, 0.2) is 52.9 Å². The molecule has 1 heterocycles. The average molecular weight is 377 g/mol. The smallest absolute Gasteiger partial charge is 0.487 e. The van der Waals surface area contributed by atoms with Gasteiger partial charge in [0.2, 0.25) is 5.89 Å². The molecule has 0 unspecified atom stereocenters. The number of carbonyl (C=O) groups excluding carboxylic acids is 1. The molecule has 140 valence electrons. The summed E-state index contributed by atoms with van der Waals surface area (Å²) in [6.07, 6.45) is -4.02. The Morgan fingerprint density at radius 3 is 2.52 bits per heavy atom. The molecule has 0 N–H and O–H groups in total. The molecule has 0 bridgehead atoms. The van der Waals surface area contributed by atoms with Gasteiger partial charge in [-0.25, -0.2) is 4.98 Å². The minimum absolute atomic E-state index is 0.118. The van der Waals surface area contributed by atoms with Crippen LogP contribution in [0, 0.1) is 6.92 Å². The molecule has 1 aromatic heterocycles. The minimum Gasteiger partial charge on any atom is -0.487 e. The molecular formula is C19H14F3NO4. The lowest BCUT2D eigenvalue weighted by atomic mass is 10.2. The van der Waals surface area contributed by atoms with Crippen molar-refractivity contribution in [3.8, 4) is 23.0 Å². The molecule has 3 aromatic rings. The lowest BCUT2D eigenvalue weighted by Gasteiger charge is -2.08. The summed E-state index contributed by atoms with van der Waals surface area (Å²) in [5, 5.41) is 0. The van der Waals surface area contributed by atoms with Gasteiger partial charge < -0.3 is 13.9 Å². The van der Waals surface area contributed by atoms with Crippen molar-refractivity contribution in [3.63, 3.8) is 0 Å². The first-order valence-corrected chi connectivity index (χ1v) is 7.84. The van der Waals surface area contributed by atoms with Gasteiger partial charge in [-0.05, 0) is 43.3 Å². The normalized spacial score (nSPS) is 11.3. The van der Waals surface area contributed by atoms with Gasteiger partial charge in [0.05, 0.1) is 0 Å². The fourth-order valence-corrected chi connectivity index (χ4v) is 2.31. The van der Waals surface area contributed by atoms with Crippen LogP contribution in [0.1, 0.15) is 21.8 Å². The first-order chi connectivity index (χ1) is 12.8. The summed E-state index contributed by atoms with van der Waals surface area (Å²) in [4.78, 5) is 15.1. The second-order valence-corrected chi connectivity index (χ2v) is 5.57. The minimum atomic E-state index is -4.74. The van der Waals surface area contributed by atoms with E-state index in [-0.39, 0.29) is 18.2 Å². The maximum Gasteiger partial charge on any atom is 0.573 e. The van der Waals surface area contributed by atoms with Crippen molar-refractivity contribution in [3.05, 3.63) is 65.5 Å². The van der Waals surface area contributed by atoms with E-state index in [0.29, 0.717) is 28.3 Å². The number of alkyl halides is 3. The highest BCUT2D eigenvalue weighted by Crippen LogP contribution is 2.27. The van der Waals surface area contributed by atoms with E-state index in [1.165, 1.54) is 24.3 Å². The number of oxazole rings is 1. The van der Waals surface area contributed by atoms with Crippen LogP contribution in [0.5, 0.6) is 11.5 Å². The summed E-state index contributed by atoms with van der Waals surface area (Å²) in [5.41, 5.74) is 1.53. The van der Waals surface area contributed by atoms with Crippen molar-refractivity contribution in [2.24, 2.45) is 0 Å². The zero-order valence-corrected chi connectivity index (χ0v) is 14.1. The van der Waals surface area contributed by atoms with Gasteiger partial charge in [-0.2, -0.15) is 0 Å². The van der Waals surface area contributed by atoms with E-state index in [1.54, 1.807) is 31.2 Å². The molecule has 3 rings (SSSR count). The van der Waals surface area contributed by atoms with Crippen molar-refractivity contribution in [1.29, 1.82) is 0 Å². The zero-order chi connectivity index (χ0) is 19.4. The van der Waals surface area contributed by atoms with Crippen LogP contribution < -0.4 is 9.47 Å². The summed E-state index contributed by atoms with van der Waals surface area (Å²) < 4.78 is 51.6. The Kier molecular flexibility index (Phi) is 5.16. The highest BCUT2D eigenvalue weighted by molar-refractivity contribution is 5.75. The lowest BCUT2D eigenvalue weighted by Crippen LogP contribution is -2.16. The van der Waals surface area contributed by atoms with Gasteiger partial charge in [-0.3, -0.25) is 4.79 Å². The van der Waals surface area contributed by atoms with Crippen LogP contribution in [0.2, 0.25) is 0 Å². The van der Waals surface area contributed by atoms with Gasteiger partial charge in [-0.15, -0.1) is 13.2 Å². The quantitative estimate of drug-likeness (QED) is 0.570. The largest absolute Gasteiger partial charge is 0.573 e. The molecule has 8 heteroatoms. The van der Waals surface area contributed by atoms with Crippen LogP contribution in [0.25, 0.3) is 11.5 Å². The molecule has 0 amide bonds. The predicted octanol–water partition coefficient (Wildman–Crippen LogP) is 4.94. The van der Waals surface area contributed by atoms with E-state index in [4.69, 9.17) is 9.15 Å². The Morgan fingerprint density at radius 1 is 1.11 bits per heavy atom. The molecule has 0 aliphatic heterocycles. The highest BCUT2D eigenvalue weighted by Gasteiger charge is 2.31. The third-order valence-electron chi connectivity index (χ3n) is 3.60. The number of rotatable bonds is 6. The van der Waals surface area contributed by atoms with Crippen LogP contribution >= 0.6 is 0 Å². The van der Waals surface area contributed by atoms with E-state index in [9.17, 15) is 18.0 Å². The van der Waals surface area contributed by atoms with Crippen molar-refractivity contribution in [2.45, 2.75) is 19.9 Å². The number of halogens is 3. The van der Waals surface area contributed by atoms with E-state index >= 15 is 0 Å². The Bertz CT molecular complexity index is 933. The van der Waals surface area contributed by atoms with Gasteiger partial charge in [0, 0.05) is 11.1 Å². The molecular weight excluding hydrogens is 363 g/mol. The number of carbonyl (C=O) groups is 1. The standard InChI is InChI=1S/C19H14F3NO4/c1-12-17(11-25-16-4-2-3-13(9-16)10-24)23-18(26-12)14-5-7-15(8-6-14)27-19(20,21)22/h2-10H,11H2,1H3. The van der Waals surface area contributed by atoms with Gasteiger partial charge in [0.1, 0.15) is 35.8 Å². The lowest BCUT2D eigenvalue weighted by molar-refractivity contribution is -0.274. The molecule has 0 aliphatic carbocycles. The molecule has 0 radical (unpaired) electrons. The number of hydrogen-bond acceptors (Lipinski definition) is 5. The summed E-state index contributed by atoms with van der Waals surface area (Å²) in [5.74, 6) is 0.962. The van der Waals surface area contributed by atoms with Crippen molar-refractivity contribution >= 4 is 6.29 Å². The van der Waals surface area contributed by atoms with Crippen molar-refractivity contribution < 1.29 is 31.9 Å². The molecule has 5 nitrogen and oxygen atoms in total. The number of aromatic nitrogens is 1. The molecule has 0 fully saturated rings. The topological polar surface area (TPSA) is 61.6 Å². The fraction of sp³-hybridized carbons (Fsp3) is 0.158. The first kappa shape index (κ1) is 18.5. The summed E-state index contributed by atoms with van der Waals surface area (Å²) >= 11 is 0. The first-order valence-electron chi connectivity index (χ1n) is 7.84. The monoisotopic (exact) mass is 377 g/mol. The maximum absolute atomic E-state index is 12.2. The van der Waals surface area contributed by atoms with Crippen LogP contribution in [-0.2, 0) is 6.61 Å². The number of nitrogens with zero attached hydrogens (tertiary/aromatic N) is 1. The number of hydrogen-bond donors (Lipinski definition) is 0. The molecule has 0 saturated carbocycles. The maximum atomic E-state index is 12.2. The number of aryl methyl sites for hydroxylation is 1. The van der Waals surface area contributed by atoms with Gasteiger partial charge in [0.25, 0.3) is 0 Å². The Labute approximate surface area is 152 Å². The molecule has 2 aromatic carbocycles. The van der Waals surface area contributed by atoms with Crippen LogP contribution in [0.3, 0.4) is 0 Å². The summed E-state index contributed by atoms with van der Waals surface area (Å²) in [6.45, 7) is 1.82. The molecule has 0 spiro atoms. The fourth-order valence-electron chi connectivity index (χ4n) is 2.31. The molecule has 0 saturated heterocycles. The van der Waals surface area contributed by atoms with Gasteiger partial charge >= 0.3 is 6.36 Å². The Hall–Kier alpha value is -3.29. The zero-order valence-electron chi connectivity index (χ0n) is 14.1. The van der Waals surface area contributed by atoms with Crippen molar-refractivity contribution in [1.82, 2.24) is 4.98 Å². The van der Waals surface area contributed by atoms with Gasteiger partial charge in [0.15, 0.2) is 0 Å². The van der Waals surface area contributed by atoms with Gasteiger partial charge in [-0.1, -0.05) is 12.1 Å². The molecule has 0 atom stereocenters. The van der Waals surface area contributed by atoms with Crippen LogP contribution in [-0.4, -0.2) is 17.6 Å². The summed E-state index contributed by atoms with van der Waals surface area (Å²) in [6, 6.07) is 11.9. The van der Waals surface area contributed by atoms with Crippen molar-refractivity contribution in [2.75, 3.05) is 0 Å². The van der Waals surface area contributed by atoms with E-state index in [1.807, 2.05) is 0 Å². The van der Waals surface area contributed by atoms with E-state index in [0.717, 1.165) is 6.29 Å². The predicted molar refractivity (Wildman–Crippen MR) is 89.5 cm³/mol.